The lowest BCUT2D eigenvalue weighted by molar-refractivity contribution is -0.224. The molecule has 104 valence electrons. The van der Waals surface area contributed by atoms with Crippen LogP contribution in [0.15, 0.2) is 5.16 Å². The minimum Gasteiger partial charge on any atom is -0.460 e. The Bertz CT molecular complexity index is 363. The largest absolute Gasteiger partial charge is 0.460 e. The second-order valence-corrected chi connectivity index (χ2v) is 3.70. The van der Waals surface area contributed by atoms with Crippen molar-refractivity contribution in [1.29, 1.82) is 0 Å². The van der Waals surface area contributed by atoms with Crippen molar-refractivity contribution in [2.75, 3.05) is 6.61 Å². The van der Waals surface area contributed by atoms with E-state index in [4.69, 9.17) is 5.73 Å². The summed E-state index contributed by atoms with van der Waals surface area (Å²) in [5, 5.41) is 2.79. The van der Waals surface area contributed by atoms with E-state index in [1.54, 1.807) is 0 Å². The highest BCUT2D eigenvalue weighted by molar-refractivity contribution is 6.34. The zero-order valence-corrected chi connectivity index (χ0v) is 10.00. The van der Waals surface area contributed by atoms with Crippen molar-refractivity contribution in [3.63, 3.8) is 0 Å². The summed E-state index contributed by atoms with van der Waals surface area (Å²) >= 11 is 0. The van der Waals surface area contributed by atoms with Crippen molar-refractivity contribution in [2.45, 2.75) is 26.9 Å². The molecule has 0 aromatic carbocycles. The Morgan fingerprint density at radius 1 is 1.28 bits per heavy atom. The molecule has 0 amide bonds. The first-order valence-electron chi connectivity index (χ1n) is 4.82. The molecule has 2 N–H and O–H groups in total. The number of nitrogens with two attached hydrogens (primary N) is 1. The molecule has 0 spiro atoms. The highest BCUT2D eigenvalue weighted by Gasteiger charge is 2.54. The summed E-state index contributed by atoms with van der Waals surface area (Å²) < 4.78 is 41.6. The van der Waals surface area contributed by atoms with Gasteiger partial charge in [-0.05, 0) is 20.8 Å². The summed E-state index contributed by atoms with van der Waals surface area (Å²) in [7, 11) is 0. The van der Waals surface area contributed by atoms with Gasteiger partial charge in [-0.2, -0.15) is 13.2 Å². The van der Waals surface area contributed by atoms with Crippen LogP contribution in [-0.4, -0.2) is 30.6 Å². The fourth-order valence-corrected chi connectivity index (χ4v) is 0.563. The molecule has 0 atom stereocenters. The zero-order chi connectivity index (χ0) is 14.6. The quantitative estimate of drug-likeness (QED) is 0.271. The molecule has 0 saturated heterocycles. The SMILES string of the molecule is CCOC(=O)C(N)=NOC(=O)C(C)(C)C(F)(F)F. The van der Waals surface area contributed by atoms with E-state index in [1.165, 1.54) is 6.92 Å². The first-order valence-corrected chi connectivity index (χ1v) is 4.82. The lowest BCUT2D eigenvalue weighted by atomic mass is 9.93. The Labute approximate surface area is 101 Å². The highest BCUT2D eigenvalue weighted by atomic mass is 19.4. The molecular weight excluding hydrogens is 257 g/mol. The molecule has 0 aliphatic heterocycles. The number of hydrogen-bond acceptors (Lipinski definition) is 5. The van der Waals surface area contributed by atoms with E-state index in [1.807, 2.05) is 0 Å². The molecule has 0 rings (SSSR count). The van der Waals surface area contributed by atoms with Crippen LogP contribution in [0.4, 0.5) is 13.2 Å². The molecule has 0 aromatic rings. The summed E-state index contributed by atoms with van der Waals surface area (Å²) in [6.45, 7) is 2.72. The zero-order valence-electron chi connectivity index (χ0n) is 10.00. The van der Waals surface area contributed by atoms with Crippen molar-refractivity contribution in [3.05, 3.63) is 0 Å². The van der Waals surface area contributed by atoms with Crippen LogP contribution in [0.25, 0.3) is 0 Å². The number of rotatable bonds is 3. The molecule has 0 bridgehead atoms. The molecule has 0 aromatic heterocycles. The summed E-state index contributed by atoms with van der Waals surface area (Å²) in [4.78, 5) is 26.0. The lowest BCUT2D eigenvalue weighted by Gasteiger charge is -2.23. The van der Waals surface area contributed by atoms with Gasteiger partial charge >= 0.3 is 18.1 Å². The van der Waals surface area contributed by atoms with E-state index in [2.05, 4.69) is 14.7 Å². The summed E-state index contributed by atoms with van der Waals surface area (Å²) in [6, 6.07) is 0. The molecule has 0 aliphatic carbocycles. The van der Waals surface area contributed by atoms with Crippen LogP contribution in [0.5, 0.6) is 0 Å². The Morgan fingerprint density at radius 3 is 2.17 bits per heavy atom. The third-order valence-electron chi connectivity index (χ3n) is 1.93. The summed E-state index contributed by atoms with van der Waals surface area (Å²) in [5.41, 5.74) is 2.26. The first-order chi connectivity index (χ1) is 8.04. The van der Waals surface area contributed by atoms with Crippen LogP contribution < -0.4 is 5.73 Å². The van der Waals surface area contributed by atoms with Gasteiger partial charge in [0.15, 0.2) is 5.41 Å². The Kier molecular flexibility index (Phi) is 5.12. The van der Waals surface area contributed by atoms with Gasteiger partial charge in [-0.15, -0.1) is 0 Å². The summed E-state index contributed by atoms with van der Waals surface area (Å²) in [6.07, 6.45) is -4.81. The van der Waals surface area contributed by atoms with Crippen LogP contribution >= 0.6 is 0 Å². The second-order valence-electron chi connectivity index (χ2n) is 3.70. The fourth-order valence-electron chi connectivity index (χ4n) is 0.563. The van der Waals surface area contributed by atoms with Gasteiger partial charge in [0.2, 0.25) is 5.84 Å². The Morgan fingerprint density at radius 2 is 1.78 bits per heavy atom. The molecule has 0 unspecified atom stereocenters. The van der Waals surface area contributed by atoms with Gasteiger partial charge in [0.25, 0.3) is 0 Å². The number of amidine groups is 1. The van der Waals surface area contributed by atoms with Gasteiger partial charge in [0, 0.05) is 0 Å². The van der Waals surface area contributed by atoms with Crippen LogP contribution in [0.1, 0.15) is 20.8 Å². The molecule has 0 saturated carbocycles. The number of oxime groups is 1. The number of esters is 1. The molecular formula is C9H13F3N2O4. The normalized spacial score (nSPS) is 13.1. The predicted octanol–water partition coefficient (Wildman–Crippen LogP) is 0.953. The minimum atomic E-state index is -4.81. The van der Waals surface area contributed by atoms with Crippen LogP contribution in [-0.2, 0) is 19.2 Å². The average Bonchev–Trinajstić information content (AvgIpc) is 2.23. The maximum Gasteiger partial charge on any atom is 0.404 e. The summed E-state index contributed by atoms with van der Waals surface area (Å²) in [5.74, 6) is -3.61. The fraction of sp³-hybridized carbons (Fsp3) is 0.667. The standard InChI is InChI=1S/C9H13F3N2O4/c1-4-17-6(15)5(13)14-18-7(16)8(2,3)9(10,11)12/h4H2,1-3H3,(H2,13,14). The number of ether oxygens (including phenoxy) is 1. The lowest BCUT2D eigenvalue weighted by Crippen LogP contribution is -2.40. The van der Waals surface area contributed by atoms with Gasteiger partial charge in [0.05, 0.1) is 6.61 Å². The van der Waals surface area contributed by atoms with Gasteiger partial charge in [-0.25, -0.2) is 9.59 Å². The molecule has 0 radical (unpaired) electrons. The minimum absolute atomic E-state index is 0.00293. The number of carbonyl (C=O) groups is 2. The molecule has 0 fully saturated rings. The van der Waals surface area contributed by atoms with E-state index in [0.717, 1.165) is 0 Å². The van der Waals surface area contributed by atoms with E-state index in [-0.39, 0.29) is 6.61 Å². The molecule has 0 heterocycles. The van der Waals surface area contributed by atoms with Crippen molar-refractivity contribution >= 4 is 17.8 Å². The molecule has 18 heavy (non-hydrogen) atoms. The van der Waals surface area contributed by atoms with Crippen molar-refractivity contribution in [1.82, 2.24) is 0 Å². The number of carbonyl (C=O) groups excluding carboxylic acids is 2. The van der Waals surface area contributed by atoms with Gasteiger partial charge in [0.1, 0.15) is 0 Å². The van der Waals surface area contributed by atoms with E-state index >= 15 is 0 Å². The molecule has 0 aliphatic rings. The van der Waals surface area contributed by atoms with Crippen molar-refractivity contribution in [3.8, 4) is 0 Å². The smallest absolute Gasteiger partial charge is 0.404 e. The average molecular weight is 270 g/mol. The van der Waals surface area contributed by atoms with E-state index in [9.17, 15) is 22.8 Å². The third kappa shape index (κ3) is 3.90. The molecule has 9 heteroatoms. The van der Waals surface area contributed by atoms with Crippen LogP contribution in [0, 0.1) is 5.41 Å². The second kappa shape index (κ2) is 5.69. The van der Waals surface area contributed by atoms with Gasteiger partial charge in [-0.3, -0.25) is 0 Å². The van der Waals surface area contributed by atoms with Crippen molar-refractivity contribution in [2.24, 2.45) is 16.3 Å². The maximum atomic E-state index is 12.4. The van der Waals surface area contributed by atoms with Crippen molar-refractivity contribution < 1.29 is 32.3 Å². The monoisotopic (exact) mass is 270 g/mol. The van der Waals surface area contributed by atoms with Crippen LogP contribution in [0.2, 0.25) is 0 Å². The van der Waals surface area contributed by atoms with E-state index < -0.39 is 29.4 Å². The maximum absolute atomic E-state index is 12.4. The number of hydrogen-bond donors (Lipinski definition) is 1. The predicted molar refractivity (Wildman–Crippen MR) is 54.2 cm³/mol. The Balaban J connectivity index is 4.70. The van der Waals surface area contributed by atoms with E-state index in [0.29, 0.717) is 13.8 Å². The number of halogens is 3. The number of nitrogens with zero attached hydrogens (tertiary/aromatic N) is 1. The third-order valence-corrected chi connectivity index (χ3v) is 1.93. The van der Waals surface area contributed by atoms with Crippen LogP contribution in [0.3, 0.4) is 0 Å². The first kappa shape index (κ1) is 16.2. The van der Waals surface area contributed by atoms with Gasteiger partial charge in [-0.1, -0.05) is 5.16 Å². The number of alkyl halides is 3. The highest BCUT2D eigenvalue weighted by Crippen LogP contribution is 2.38. The Hall–Kier alpha value is -1.80. The molecule has 6 nitrogen and oxygen atoms in total. The van der Waals surface area contributed by atoms with Gasteiger partial charge < -0.3 is 15.3 Å². The topological polar surface area (TPSA) is 91.0 Å².